The molecule has 0 aliphatic heterocycles. The highest BCUT2D eigenvalue weighted by molar-refractivity contribution is 7.90. The number of benzene rings is 1. The van der Waals surface area contributed by atoms with Crippen LogP contribution in [-0.4, -0.2) is 19.4 Å². The molecule has 1 heterocycles. The van der Waals surface area contributed by atoms with Gasteiger partial charge in [-0.15, -0.1) is 0 Å². The average Bonchev–Trinajstić information content (AvgIpc) is 2.40. The first-order valence-electron chi connectivity index (χ1n) is 6.56. The summed E-state index contributed by atoms with van der Waals surface area (Å²) in [4.78, 5) is 4.47. The second-order valence-corrected chi connectivity index (χ2v) is 7.49. The maximum Gasteiger partial charge on any atom is 0.182 e. The van der Waals surface area contributed by atoms with E-state index in [9.17, 15) is 8.42 Å². The molecular weight excluding hydrogens is 308 g/mol. The third-order valence-corrected chi connectivity index (χ3v) is 4.75. The third kappa shape index (κ3) is 4.44. The quantitative estimate of drug-likeness (QED) is 0.914. The summed E-state index contributed by atoms with van der Waals surface area (Å²) in [5, 5.41) is 3.67. The summed E-state index contributed by atoms with van der Waals surface area (Å²) in [6, 6.07) is 10.0. The van der Waals surface area contributed by atoms with Crippen molar-refractivity contribution >= 4 is 27.3 Å². The fourth-order valence-electron chi connectivity index (χ4n) is 1.84. The van der Waals surface area contributed by atoms with Crippen LogP contribution >= 0.6 is 11.6 Å². The summed E-state index contributed by atoms with van der Waals surface area (Å²) in [7, 11) is -3.39. The predicted molar refractivity (Wildman–Crippen MR) is 85.3 cm³/mol. The summed E-state index contributed by atoms with van der Waals surface area (Å²) < 4.78 is 24.6. The van der Waals surface area contributed by atoms with E-state index in [0.29, 0.717) is 10.6 Å². The second kappa shape index (κ2) is 6.45. The van der Waals surface area contributed by atoms with E-state index in [-0.39, 0.29) is 16.7 Å². The Kier molecular flexibility index (Phi) is 4.85. The predicted octanol–water partition coefficient (Wildman–Crippen LogP) is 3.53. The van der Waals surface area contributed by atoms with Crippen LogP contribution in [0.2, 0.25) is 5.02 Å². The summed E-state index contributed by atoms with van der Waals surface area (Å²) in [5.74, 6) is 0.654. The van der Waals surface area contributed by atoms with Gasteiger partial charge in [-0.1, -0.05) is 17.7 Å². The molecule has 6 heteroatoms. The van der Waals surface area contributed by atoms with Crippen LogP contribution < -0.4 is 5.32 Å². The van der Waals surface area contributed by atoms with E-state index < -0.39 is 9.84 Å². The Morgan fingerprint density at radius 1 is 1.14 bits per heavy atom. The van der Waals surface area contributed by atoms with Crippen LogP contribution in [0.4, 0.5) is 5.82 Å². The fraction of sp³-hybridized carbons (Fsp3) is 0.267. The normalized spacial score (nSPS) is 11.6. The highest BCUT2D eigenvalue weighted by Gasteiger charge is 2.15. The van der Waals surface area contributed by atoms with Crippen molar-refractivity contribution < 1.29 is 8.42 Å². The van der Waals surface area contributed by atoms with Crippen molar-refractivity contribution in [3.05, 3.63) is 53.2 Å². The lowest BCUT2D eigenvalue weighted by atomic mass is 10.3. The van der Waals surface area contributed by atoms with E-state index >= 15 is 0 Å². The van der Waals surface area contributed by atoms with E-state index in [1.807, 2.05) is 13.8 Å². The Morgan fingerprint density at radius 3 is 2.33 bits per heavy atom. The number of pyridine rings is 1. The molecule has 0 saturated heterocycles. The minimum atomic E-state index is -3.39. The van der Waals surface area contributed by atoms with E-state index in [1.165, 1.54) is 12.1 Å². The smallest absolute Gasteiger partial charge is 0.182 e. The standard InChI is InChI=1S/C15H17ClN2O2S/c1-11(2)18-15-8-3-12(9-17-15)10-21(19,20)14-6-4-13(16)5-7-14/h3-9,11H,10H2,1-2H3,(H,17,18). The third-order valence-electron chi connectivity index (χ3n) is 2.79. The zero-order valence-corrected chi connectivity index (χ0v) is 13.4. The summed E-state index contributed by atoms with van der Waals surface area (Å²) >= 11 is 5.77. The number of nitrogens with one attached hydrogen (secondary N) is 1. The van der Waals surface area contributed by atoms with Crippen molar-refractivity contribution in [2.45, 2.75) is 30.5 Å². The van der Waals surface area contributed by atoms with Crippen molar-refractivity contribution in [2.75, 3.05) is 5.32 Å². The van der Waals surface area contributed by atoms with Crippen molar-refractivity contribution in [1.82, 2.24) is 4.98 Å². The molecule has 0 unspecified atom stereocenters. The molecule has 21 heavy (non-hydrogen) atoms. The number of rotatable bonds is 5. The van der Waals surface area contributed by atoms with E-state index in [0.717, 1.165) is 5.82 Å². The molecule has 112 valence electrons. The average molecular weight is 325 g/mol. The van der Waals surface area contributed by atoms with E-state index in [4.69, 9.17) is 11.6 Å². The Balaban J connectivity index is 2.15. The molecule has 0 fully saturated rings. The maximum absolute atomic E-state index is 12.3. The topological polar surface area (TPSA) is 59.1 Å². The van der Waals surface area contributed by atoms with Crippen LogP contribution in [0.15, 0.2) is 47.5 Å². The minimum Gasteiger partial charge on any atom is -0.368 e. The molecule has 4 nitrogen and oxygen atoms in total. The van der Waals surface area contributed by atoms with Crippen LogP contribution in [0.25, 0.3) is 0 Å². The molecule has 0 spiro atoms. The van der Waals surface area contributed by atoms with Gasteiger partial charge in [-0.25, -0.2) is 13.4 Å². The molecule has 2 aromatic rings. The van der Waals surface area contributed by atoms with Gasteiger partial charge in [0.1, 0.15) is 5.82 Å². The first kappa shape index (κ1) is 15.8. The van der Waals surface area contributed by atoms with Gasteiger partial charge in [-0.2, -0.15) is 0 Å². The highest BCUT2D eigenvalue weighted by Crippen LogP contribution is 2.19. The lowest BCUT2D eigenvalue weighted by molar-refractivity contribution is 0.595. The van der Waals surface area contributed by atoms with Crippen LogP contribution in [0, 0.1) is 0 Å². The molecule has 0 aliphatic carbocycles. The second-order valence-electron chi connectivity index (χ2n) is 5.06. The van der Waals surface area contributed by atoms with Crippen LogP contribution in [-0.2, 0) is 15.6 Å². The number of aromatic nitrogens is 1. The molecule has 0 bridgehead atoms. The number of sulfone groups is 1. The van der Waals surface area contributed by atoms with Crippen molar-refractivity contribution in [2.24, 2.45) is 0 Å². The summed E-state index contributed by atoms with van der Waals surface area (Å²) in [6.45, 7) is 4.03. The number of halogens is 1. The Bertz CT molecular complexity index is 695. The largest absolute Gasteiger partial charge is 0.368 e. The molecule has 0 radical (unpaired) electrons. The van der Waals surface area contributed by atoms with E-state index in [2.05, 4.69) is 10.3 Å². The van der Waals surface area contributed by atoms with Crippen LogP contribution in [0.3, 0.4) is 0 Å². The van der Waals surface area contributed by atoms with Crippen molar-refractivity contribution in [3.63, 3.8) is 0 Å². The molecule has 0 atom stereocenters. The zero-order valence-electron chi connectivity index (χ0n) is 11.9. The van der Waals surface area contributed by atoms with E-state index in [1.54, 1.807) is 30.5 Å². The molecule has 2 rings (SSSR count). The highest BCUT2D eigenvalue weighted by atomic mass is 35.5. The van der Waals surface area contributed by atoms with Gasteiger partial charge in [0.2, 0.25) is 0 Å². The van der Waals surface area contributed by atoms with Gasteiger partial charge in [-0.05, 0) is 49.7 Å². The lowest BCUT2D eigenvalue weighted by Gasteiger charge is -2.09. The maximum atomic E-state index is 12.3. The monoisotopic (exact) mass is 324 g/mol. The molecule has 1 aromatic heterocycles. The van der Waals surface area contributed by atoms with Crippen molar-refractivity contribution in [3.8, 4) is 0 Å². The molecule has 0 aliphatic rings. The SMILES string of the molecule is CC(C)Nc1ccc(CS(=O)(=O)c2ccc(Cl)cc2)cn1. The Hall–Kier alpha value is -1.59. The van der Waals surface area contributed by atoms with Gasteiger partial charge in [-0.3, -0.25) is 0 Å². The number of nitrogens with zero attached hydrogens (tertiary/aromatic N) is 1. The number of anilines is 1. The lowest BCUT2D eigenvalue weighted by Crippen LogP contribution is -2.11. The van der Waals surface area contributed by atoms with Crippen LogP contribution in [0.5, 0.6) is 0 Å². The van der Waals surface area contributed by atoms with Gasteiger partial charge in [0.25, 0.3) is 0 Å². The number of hydrogen-bond donors (Lipinski definition) is 1. The molecule has 0 amide bonds. The van der Waals surface area contributed by atoms with Gasteiger partial charge in [0.05, 0.1) is 10.6 Å². The van der Waals surface area contributed by atoms with Gasteiger partial charge in [0, 0.05) is 17.3 Å². The van der Waals surface area contributed by atoms with Gasteiger partial charge < -0.3 is 5.32 Å². The van der Waals surface area contributed by atoms with Gasteiger partial charge in [0.15, 0.2) is 9.84 Å². The van der Waals surface area contributed by atoms with Gasteiger partial charge >= 0.3 is 0 Å². The molecule has 0 saturated carbocycles. The summed E-state index contributed by atoms with van der Waals surface area (Å²) in [5.41, 5.74) is 0.652. The minimum absolute atomic E-state index is 0.0798. The van der Waals surface area contributed by atoms with Crippen LogP contribution in [0.1, 0.15) is 19.4 Å². The Morgan fingerprint density at radius 2 is 1.81 bits per heavy atom. The summed E-state index contributed by atoms with van der Waals surface area (Å²) in [6.07, 6.45) is 1.58. The fourth-order valence-corrected chi connectivity index (χ4v) is 3.29. The molecular formula is C15H17ClN2O2S. The first-order valence-corrected chi connectivity index (χ1v) is 8.59. The molecule has 1 aromatic carbocycles. The van der Waals surface area contributed by atoms with Crippen molar-refractivity contribution in [1.29, 1.82) is 0 Å². The first-order chi connectivity index (χ1) is 9.87. The Labute approximate surface area is 130 Å². The molecule has 1 N–H and O–H groups in total. The zero-order chi connectivity index (χ0) is 15.5. The number of hydrogen-bond acceptors (Lipinski definition) is 4.